The van der Waals surface area contributed by atoms with Gasteiger partial charge < -0.3 is 25.4 Å². The first kappa shape index (κ1) is 26.3. The molecule has 0 spiro atoms. The van der Waals surface area contributed by atoms with E-state index >= 15 is 0 Å². The van der Waals surface area contributed by atoms with Crippen molar-refractivity contribution in [2.24, 2.45) is 11.7 Å². The van der Waals surface area contributed by atoms with E-state index in [1.54, 1.807) is 11.8 Å². The number of anilines is 2. The number of nitrogens with zero attached hydrogens (tertiary/aromatic N) is 1. The molecule has 0 radical (unpaired) electrons. The van der Waals surface area contributed by atoms with Crippen molar-refractivity contribution in [2.45, 2.75) is 61.5 Å². The van der Waals surface area contributed by atoms with E-state index in [0.29, 0.717) is 31.6 Å². The molecule has 3 aromatic rings. The SMILES string of the molecule is CC(C)C[C@@H](C(N)=O)N(C(=N)c1ccc2c(c1)Nc1ccccc1S2)[C@H]1CCOC1OCc1ccccc1. The van der Waals surface area contributed by atoms with Crippen LogP contribution >= 0.6 is 11.8 Å². The number of carbonyl (C=O) groups is 1. The number of carbonyl (C=O) groups excluding carboxylic acids is 1. The molecule has 1 saturated heterocycles. The highest BCUT2D eigenvalue weighted by Gasteiger charge is 2.41. The van der Waals surface area contributed by atoms with Crippen LogP contribution in [0.5, 0.6) is 0 Å². The largest absolute Gasteiger partial charge is 0.368 e. The van der Waals surface area contributed by atoms with Crippen molar-refractivity contribution in [3.8, 4) is 0 Å². The average molecular weight is 531 g/mol. The number of hydrogen-bond acceptors (Lipinski definition) is 6. The first-order chi connectivity index (χ1) is 18.4. The molecule has 1 amide bonds. The number of benzene rings is 3. The molecule has 3 atom stereocenters. The van der Waals surface area contributed by atoms with Gasteiger partial charge in [0.1, 0.15) is 11.9 Å². The van der Waals surface area contributed by atoms with Crippen molar-refractivity contribution in [1.82, 2.24) is 4.90 Å². The van der Waals surface area contributed by atoms with E-state index < -0.39 is 18.2 Å². The van der Waals surface area contributed by atoms with Gasteiger partial charge in [0.15, 0.2) is 6.29 Å². The van der Waals surface area contributed by atoms with Gasteiger partial charge in [0.2, 0.25) is 5.91 Å². The van der Waals surface area contributed by atoms with Crippen LogP contribution in [-0.2, 0) is 20.9 Å². The van der Waals surface area contributed by atoms with E-state index in [2.05, 4.69) is 25.2 Å². The van der Waals surface area contributed by atoms with Gasteiger partial charge in [-0.05, 0) is 48.6 Å². The molecule has 1 fully saturated rings. The van der Waals surface area contributed by atoms with Crippen LogP contribution in [0.1, 0.15) is 37.8 Å². The van der Waals surface area contributed by atoms with Crippen molar-refractivity contribution >= 4 is 34.9 Å². The Hall–Kier alpha value is -3.33. The molecule has 38 heavy (non-hydrogen) atoms. The molecule has 3 aromatic carbocycles. The lowest BCUT2D eigenvalue weighted by Crippen LogP contribution is -2.56. The van der Waals surface area contributed by atoms with Crippen LogP contribution in [0.3, 0.4) is 0 Å². The summed E-state index contributed by atoms with van der Waals surface area (Å²) in [6, 6.07) is 23.1. The van der Waals surface area contributed by atoms with Crippen molar-refractivity contribution in [3.63, 3.8) is 0 Å². The molecule has 4 N–H and O–H groups in total. The predicted octanol–water partition coefficient (Wildman–Crippen LogP) is 5.75. The highest BCUT2D eigenvalue weighted by Crippen LogP contribution is 2.44. The Morgan fingerprint density at radius 3 is 2.61 bits per heavy atom. The lowest BCUT2D eigenvalue weighted by Gasteiger charge is -2.39. The Balaban J connectivity index is 1.44. The summed E-state index contributed by atoms with van der Waals surface area (Å²) in [4.78, 5) is 16.9. The van der Waals surface area contributed by atoms with Gasteiger partial charge in [-0.15, -0.1) is 0 Å². The Labute approximate surface area is 228 Å². The highest BCUT2D eigenvalue weighted by atomic mass is 32.2. The summed E-state index contributed by atoms with van der Waals surface area (Å²) >= 11 is 1.70. The zero-order chi connectivity index (χ0) is 26.6. The van der Waals surface area contributed by atoms with E-state index in [1.807, 2.05) is 71.6 Å². The van der Waals surface area contributed by atoms with Gasteiger partial charge in [-0.3, -0.25) is 10.2 Å². The molecule has 0 aliphatic carbocycles. The van der Waals surface area contributed by atoms with E-state index in [9.17, 15) is 10.2 Å². The van der Waals surface area contributed by atoms with Gasteiger partial charge in [-0.2, -0.15) is 0 Å². The maximum atomic E-state index is 12.8. The summed E-state index contributed by atoms with van der Waals surface area (Å²) in [5, 5.41) is 12.8. The number of para-hydroxylation sites is 1. The minimum atomic E-state index is -0.656. The second-order valence-corrected chi connectivity index (χ2v) is 11.2. The molecular formula is C30H34N4O3S. The standard InChI is InChI=1S/C30H34N4O3S/c1-19(2)16-25(29(32)35)34(24-14-15-36-30(24)37-18-20-8-4-3-5-9-20)28(31)21-12-13-27-23(17-21)33-22-10-6-7-11-26(22)38-27/h3-13,17,19,24-25,30-31,33H,14-16,18H2,1-2H3,(H2,32,35)/t24-,25-,30?/m0/s1. The minimum absolute atomic E-state index is 0.215. The fraction of sp³-hybridized carbons (Fsp3) is 0.333. The third-order valence-corrected chi connectivity index (χ3v) is 8.02. The van der Waals surface area contributed by atoms with Gasteiger partial charge in [0.25, 0.3) is 0 Å². The van der Waals surface area contributed by atoms with Crippen LogP contribution in [0, 0.1) is 11.3 Å². The van der Waals surface area contributed by atoms with Gasteiger partial charge >= 0.3 is 0 Å². The summed E-state index contributed by atoms with van der Waals surface area (Å²) in [6.45, 7) is 4.99. The topological polar surface area (TPSA) is 101 Å². The van der Waals surface area contributed by atoms with E-state index in [4.69, 9.17) is 15.2 Å². The van der Waals surface area contributed by atoms with E-state index in [1.165, 1.54) is 0 Å². The fourth-order valence-corrected chi connectivity index (χ4v) is 6.00. The monoisotopic (exact) mass is 530 g/mol. The van der Waals surface area contributed by atoms with Gasteiger partial charge in [0.05, 0.1) is 30.6 Å². The van der Waals surface area contributed by atoms with Gasteiger partial charge in [-0.25, -0.2) is 0 Å². The van der Waals surface area contributed by atoms with Crippen LogP contribution in [-0.4, -0.2) is 41.6 Å². The summed E-state index contributed by atoms with van der Waals surface area (Å²) in [5.41, 5.74) is 9.70. The Morgan fingerprint density at radius 1 is 1.11 bits per heavy atom. The average Bonchev–Trinajstić information content (AvgIpc) is 3.38. The predicted molar refractivity (Wildman–Crippen MR) is 151 cm³/mol. The Bertz CT molecular complexity index is 1300. The lowest BCUT2D eigenvalue weighted by molar-refractivity contribution is -0.146. The number of hydrogen-bond donors (Lipinski definition) is 3. The second-order valence-electron chi connectivity index (χ2n) is 10.1. The quantitative estimate of drug-likeness (QED) is 0.188. The van der Waals surface area contributed by atoms with Crippen LogP contribution in [0.4, 0.5) is 11.4 Å². The summed E-state index contributed by atoms with van der Waals surface area (Å²) in [6.07, 6.45) is 0.588. The summed E-state index contributed by atoms with van der Waals surface area (Å²) < 4.78 is 12.2. The van der Waals surface area contributed by atoms with Crippen molar-refractivity contribution in [3.05, 3.63) is 83.9 Å². The third kappa shape index (κ3) is 5.72. The second kappa shape index (κ2) is 11.6. The van der Waals surface area contributed by atoms with Gasteiger partial charge in [-0.1, -0.05) is 74.1 Å². The molecule has 0 saturated carbocycles. The van der Waals surface area contributed by atoms with Crippen LogP contribution in [0.15, 0.2) is 82.6 Å². The summed E-state index contributed by atoms with van der Waals surface area (Å²) in [7, 11) is 0. The van der Waals surface area contributed by atoms with Crippen molar-refractivity contribution in [1.29, 1.82) is 5.41 Å². The van der Waals surface area contributed by atoms with Crippen LogP contribution < -0.4 is 11.1 Å². The number of ether oxygens (including phenoxy) is 2. The van der Waals surface area contributed by atoms with Crippen molar-refractivity contribution < 1.29 is 14.3 Å². The molecule has 2 aliphatic heterocycles. The Kier molecular flexibility index (Phi) is 8.02. The maximum absolute atomic E-state index is 12.8. The molecule has 198 valence electrons. The molecule has 2 heterocycles. The zero-order valence-electron chi connectivity index (χ0n) is 21.7. The number of rotatable bonds is 9. The number of amides is 1. The van der Waals surface area contributed by atoms with E-state index in [-0.39, 0.29) is 17.8 Å². The first-order valence-electron chi connectivity index (χ1n) is 13.0. The molecule has 5 rings (SSSR count). The Morgan fingerprint density at radius 2 is 1.84 bits per heavy atom. The lowest BCUT2D eigenvalue weighted by atomic mass is 9.97. The number of primary amides is 1. The fourth-order valence-electron chi connectivity index (χ4n) is 5.04. The number of nitrogens with two attached hydrogens (primary N) is 1. The highest BCUT2D eigenvalue weighted by molar-refractivity contribution is 7.99. The molecule has 0 bridgehead atoms. The molecule has 0 aromatic heterocycles. The van der Waals surface area contributed by atoms with Crippen molar-refractivity contribution in [2.75, 3.05) is 11.9 Å². The van der Waals surface area contributed by atoms with Crippen LogP contribution in [0.25, 0.3) is 0 Å². The van der Waals surface area contributed by atoms with E-state index in [0.717, 1.165) is 26.7 Å². The number of fused-ring (bicyclic) bond motifs is 2. The normalized spacial score (nSPS) is 18.8. The molecule has 7 nitrogen and oxygen atoms in total. The molecule has 2 aliphatic rings. The number of nitrogens with one attached hydrogen (secondary N) is 2. The zero-order valence-corrected chi connectivity index (χ0v) is 22.5. The smallest absolute Gasteiger partial charge is 0.240 e. The number of amidine groups is 1. The molecule has 8 heteroatoms. The maximum Gasteiger partial charge on any atom is 0.240 e. The molecule has 1 unspecified atom stereocenters. The summed E-state index contributed by atoms with van der Waals surface area (Å²) in [5.74, 6) is 0.0105. The third-order valence-electron chi connectivity index (χ3n) is 6.87. The molecular weight excluding hydrogens is 496 g/mol. The van der Waals surface area contributed by atoms with Crippen LogP contribution in [0.2, 0.25) is 0 Å². The first-order valence-corrected chi connectivity index (χ1v) is 13.8. The van der Waals surface area contributed by atoms with Gasteiger partial charge in [0, 0.05) is 15.4 Å². The minimum Gasteiger partial charge on any atom is -0.368 e.